The van der Waals surface area contributed by atoms with Crippen molar-refractivity contribution in [2.45, 2.75) is 19.4 Å². The van der Waals surface area contributed by atoms with Crippen LogP contribution in [0.4, 0.5) is 0 Å². The smallest absolute Gasteiger partial charge is 0.257 e. The molecule has 6 nitrogen and oxygen atoms in total. The first-order chi connectivity index (χ1) is 9.04. The van der Waals surface area contributed by atoms with Crippen LogP contribution in [0.15, 0.2) is 22.9 Å². The zero-order valence-electron chi connectivity index (χ0n) is 10.2. The number of pyridine rings is 1. The lowest BCUT2D eigenvalue weighted by atomic mass is 10.1. The molecule has 0 spiro atoms. The van der Waals surface area contributed by atoms with E-state index in [2.05, 4.69) is 26.2 Å². The Morgan fingerprint density at radius 2 is 2.32 bits per heavy atom. The summed E-state index contributed by atoms with van der Waals surface area (Å²) >= 11 is 3.19. The topological polar surface area (TPSA) is 79.4 Å². The molecule has 1 aliphatic rings. The second-order valence-electron chi connectivity index (χ2n) is 4.11. The molecule has 1 unspecified atom stereocenters. The van der Waals surface area contributed by atoms with Crippen LogP contribution in [0.5, 0.6) is 0 Å². The van der Waals surface area contributed by atoms with Gasteiger partial charge in [0.25, 0.3) is 5.91 Å². The molecule has 3 amide bonds. The third-order valence-corrected chi connectivity index (χ3v) is 3.52. The summed E-state index contributed by atoms with van der Waals surface area (Å²) in [5.74, 6) is -1.29. The lowest BCUT2D eigenvalue weighted by molar-refractivity contribution is -0.138. The van der Waals surface area contributed by atoms with Crippen molar-refractivity contribution in [1.82, 2.24) is 15.2 Å². The van der Waals surface area contributed by atoms with Crippen LogP contribution in [0, 0.1) is 0 Å². The van der Waals surface area contributed by atoms with Crippen molar-refractivity contribution < 1.29 is 14.4 Å². The van der Waals surface area contributed by atoms with E-state index in [1.165, 1.54) is 4.90 Å². The van der Waals surface area contributed by atoms with Gasteiger partial charge in [-0.15, -0.1) is 0 Å². The summed E-state index contributed by atoms with van der Waals surface area (Å²) < 4.78 is 0.397. The van der Waals surface area contributed by atoms with E-state index in [0.717, 1.165) is 0 Å². The van der Waals surface area contributed by atoms with Crippen LogP contribution in [0.2, 0.25) is 0 Å². The summed E-state index contributed by atoms with van der Waals surface area (Å²) in [5.41, 5.74) is 0.337. The molecule has 1 aromatic rings. The number of nitrogens with zero attached hydrogens (tertiary/aromatic N) is 2. The van der Waals surface area contributed by atoms with Crippen molar-refractivity contribution in [3.05, 3.63) is 28.5 Å². The molecule has 0 aromatic carbocycles. The van der Waals surface area contributed by atoms with Crippen molar-refractivity contribution in [3.63, 3.8) is 0 Å². The summed E-state index contributed by atoms with van der Waals surface area (Å²) in [6.45, 7) is 1.67. The number of amides is 3. The first-order valence-electron chi connectivity index (χ1n) is 5.79. The van der Waals surface area contributed by atoms with Crippen LogP contribution in [0.1, 0.15) is 23.7 Å². The van der Waals surface area contributed by atoms with Crippen molar-refractivity contribution in [2.24, 2.45) is 0 Å². The minimum atomic E-state index is -0.627. The van der Waals surface area contributed by atoms with E-state index >= 15 is 0 Å². The molecule has 1 N–H and O–H groups in total. The van der Waals surface area contributed by atoms with E-state index in [1.54, 1.807) is 25.3 Å². The number of nitrogens with one attached hydrogen (secondary N) is 1. The molecule has 1 fully saturated rings. The van der Waals surface area contributed by atoms with Crippen molar-refractivity contribution in [3.8, 4) is 0 Å². The minimum Gasteiger partial charge on any atom is -0.317 e. The van der Waals surface area contributed by atoms with Gasteiger partial charge in [0.1, 0.15) is 17.2 Å². The van der Waals surface area contributed by atoms with Crippen LogP contribution in [0.25, 0.3) is 0 Å². The van der Waals surface area contributed by atoms with Gasteiger partial charge in [0.15, 0.2) is 0 Å². The molecular formula is C12H12BrN3O3. The van der Waals surface area contributed by atoms with Gasteiger partial charge in [0.05, 0.1) is 5.56 Å². The molecule has 1 aliphatic heterocycles. The lowest BCUT2D eigenvalue weighted by Gasteiger charge is -2.33. The van der Waals surface area contributed by atoms with E-state index in [9.17, 15) is 14.4 Å². The molecule has 19 heavy (non-hydrogen) atoms. The van der Waals surface area contributed by atoms with Gasteiger partial charge in [-0.2, -0.15) is 0 Å². The Morgan fingerprint density at radius 1 is 1.58 bits per heavy atom. The predicted molar refractivity (Wildman–Crippen MR) is 70.2 cm³/mol. The monoisotopic (exact) mass is 325 g/mol. The zero-order valence-corrected chi connectivity index (χ0v) is 11.8. The van der Waals surface area contributed by atoms with E-state index in [4.69, 9.17) is 0 Å². The maximum atomic E-state index is 12.4. The molecule has 100 valence electrons. The maximum Gasteiger partial charge on any atom is 0.257 e. The van der Waals surface area contributed by atoms with Crippen LogP contribution >= 0.6 is 15.9 Å². The van der Waals surface area contributed by atoms with E-state index in [-0.39, 0.29) is 12.5 Å². The first kappa shape index (κ1) is 13.7. The number of rotatable bonds is 2. The summed E-state index contributed by atoms with van der Waals surface area (Å²) in [7, 11) is 0. The molecule has 0 saturated carbocycles. The number of halogens is 1. The quantitative estimate of drug-likeness (QED) is 0.642. The standard InChI is InChI=1S/C12H12BrN3O3/c1-2-8-11(18)15-9(17)6-16(8)12(19)7-4-3-5-14-10(7)13/h3-5,8H,2,6H2,1H3,(H,15,17,18). The Labute approximate surface area is 118 Å². The summed E-state index contributed by atoms with van der Waals surface area (Å²) in [4.78, 5) is 40.8. The second-order valence-corrected chi connectivity index (χ2v) is 4.86. The number of carbonyl (C=O) groups excluding carboxylic acids is 3. The second kappa shape index (κ2) is 5.48. The third-order valence-electron chi connectivity index (χ3n) is 2.89. The molecule has 1 aromatic heterocycles. The van der Waals surface area contributed by atoms with Gasteiger partial charge < -0.3 is 4.90 Å². The SMILES string of the molecule is CCC1C(=O)NC(=O)CN1C(=O)c1cccnc1Br. The summed E-state index contributed by atoms with van der Waals surface area (Å²) in [6, 6.07) is 2.60. The van der Waals surface area contributed by atoms with Gasteiger partial charge in [0, 0.05) is 6.20 Å². The molecule has 2 heterocycles. The average Bonchev–Trinajstić information content (AvgIpc) is 2.37. The minimum absolute atomic E-state index is 0.121. The van der Waals surface area contributed by atoms with E-state index in [0.29, 0.717) is 16.6 Å². The van der Waals surface area contributed by atoms with Gasteiger partial charge in [-0.25, -0.2) is 4.98 Å². The Hall–Kier alpha value is -1.76. The Kier molecular flexibility index (Phi) is 3.94. The van der Waals surface area contributed by atoms with Crippen LogP contribution in [0.3, 0.4) is 0 Å². The molecule has 0 bridgehead atoms. The highest BCUT2D eigenvalue weighted by molar-refractivity contribution is 9.10. The molecular weight excluding hydrogens is 314 g/mol. The summed E-state index contributed by atoms with van der Waals surface area (Å²) in [6.07, 6.45) is 2.00. The number of hydrogen-bond acceptors (Lipinski definition) is 4. The number of hydrogen-bond donors (Lipinski definition) is 1. The average molecular weight is 326 g/mol. The van der Waals surface area contributed by atoms with Crippen molar-refractivity contribution in [1.29, 1.82) is 0 Å². The van der Waals surface area contributed by atoms with Gasteiger partial charge in [-0.05, 0) is 34.5 Å². The molecule has 0 aliphatic carbocycles. The van der Waals surface area contributed by atoms with Gasteiger partial charge in [0.2, 0.25) is 11.8 Å². The van der Waals surface area contributed by atoms with E-state index < -0.39 is 17.9 Å². The fourth-order valence-corrected chi connectivity index (χ4v) is 2.41. The highest BCUT2D eigenvalue weighted by atomic mass is 79.9. The van der Waals surface area contributed by atoms with E-state index in [1.807, 2.05) is 0 Å². The van der Waals surface area contributed by atoms with Gasteiger partial charge in [-0.3, -0.25) is 19.7 Å². The number of carbonyl (C=O) groups is 3. The fourth-order valence-electron chi connectivity index (χ4n) is 1.99. The third kappa shape index (κ3) is 2.65. The van der Waals surface area contributed by atoms with Crippen LogP contribution < -0.4 is 5.32 Å². The molecule has 1 atom stereocenters. The van der Waals surface area contributed by atoms with Crippen LogP contribution in [-0.2, 0) is 9.59 Å². The lowest BCUT2D eigenvalue weighted by Crippen LogP contribution is -2.59. The summed E-state index contributed by atoms with van der Waals surface area (Å²) in [5, 5.41) is 2.23. The Balaban J connectivity index is 2.33. The van der Waals surface area contributed by atoms with Gasteiger partial charge >= 0.3 is 0 Å². The largest absolute Gasteiger partial charge is 0.317 e. The number of piperazine rings is 1. The molecule has 2 rings (SSSR count). The maximum absolute atomic E-state index is 12.4. The Morgan fingerprint density at radius 3 is 2.95 bits per heavy atom. The van der Waals surface area contributed by atoms with Crippen LogP contribution in [-0.4, -0.2) is 40.2 Å². The molecule has 7 heteroatoms. The fraction of sp³-hybridized carbons (Fsp3) is 0.333. The zero-order chi connectivity index (χ0) is 14.0. The molecule has 1 saturated heterocycles. The number of imide groups is 1. The molecule has 0 radical (unpaired) electrons. The predicted octanol–water partition coefficient (Wildman–Crippen LogP) is 0.721. The normalized spacial score (nSPS) is 19.3. The first-order valence-corrected chi connectivity index (χ1v) is 6.59. The highest BCUT2D eigenvalue weighted by Crippen LogP contribution is 2.19. The van der Waals surface area contributed by atoms with Crippen molar-refractivity contribution >= 4 is 33.7 Å². The number of aromatic nitrogens is 1. The Bertz CT molecular complexity index is 547. The highest BCUT2D eigenvalue weighted by Gasteiger charge is 2.36. The van der Waals surface area contributed by atoms with Crippen molar-refractivity contribution in [2.75, 3.05) is 6.54 Å². The van der Waals surface area contributed by atoms with Gasteiger partial charge in [-0.1, -0.05) is 6.92 Å².